The van der Waals surface area contributed by atoms with E-state index in [9.17, 15) is 4.79 Å². The molecule has 0 heterocycles. The van der Waals surface area contributed by atoms with Crippen LogP contribution in [0.4, 0.5) is 0 Å². The molecule has 0 aromatic carbocycles. The fraction of sp³-hybridized carbons (Fsp3) is 0.900. The van der Waals surface area contributed by atoms with Gasteiger partial charge in [0.1, 0.15) is 6.10 Å². The summed E-state index contributed by atoms with van der Waals surface area (Å²) in [6.07, 6.45) is 17.1. The molecule has 0 spiro atoms. The van der Waals surface area contributed by atoms with Gasteiger partial charge in [-0.05, 0) is 98.3 Å². The summed E-state index contributed by atoms with van der Waals surface area (Å²) in [7, 11) is 1.81. The van der Waals surface area contributed by atoms with Crippen molar-refractivity contribution in [2.75, 3.05) is 13.6 Å². The molecule has 3 fully saturated rings. The number of ether oxygens (including phenoxy) is 1. The molecule has 0 amide bonds. The molecular formula is C30H51NO2. The van der Waals surface area contributed by atoms with E-state index in [4.69, 9.17) is 4.74 Å². The van der Waals surface area contributed by atoms with Crippen LogP contribution in [-0.4, -0.2) is 25.7 Å². The SMILES string of the molecule is CNCC(=O)OC1CC[C@@]2(C)C(=CCC3C2CC[C@@]2(C)C3CC[C@@H]2[C@H](C)CCCC(C)C)C1. The van der Waals surface area contributed by atoms with E-state index in [0.29, 0.717) is 17.4 Å². The van der Waals surface area contributed by atoms with E-state index in [1.165, 1.54) is 57.8 Å². The Labute approximate surface area is 203 Å². The lowest BCUT2D eigenvalue weighted by Crippen LogP contribution is -2.51. The van der Waals surface area contributed by atoms with Crippen LogP contribution in [0.15, 0.2) is 11.6 Å². The summed E-state index contributed by atoms with van der Waals surface area (Å²) in [5.41, 5.74) is 2.49. The van der Waals surface area contributed by atoms with Gasteiger partial charge in [0.25, 0.3) is 0 Å². The van der Waals surface area contributed by atoms with Crippen molar-refractivity contribution < 1.29 is 9.53 Å². The highest BCUT2D eigenvalue weighted by Gasteiger charge is 2.59. The molecule has 3 heteroatoms. The monoisotopic (exact) mass is 457 g/mol. The molecule has 8 atom stereocenters. The number of esters is 1. The summed E-state index contributed by atoms with van der Waals surface area (Å²) in [4.78, 5) is 12.0. The van der Waals surface area contributed by atoms with E-state index in [1.807, 2.05) is 0 Å². The second-order valence-electron chi connectivity index (χ2n) is 13.2. The summed E-state index contributed by atoms with van der Waals surface area (Å²) < 4.78 is 5.79. The van der Waals surface area contributed by atoms with E-state index in [2.05, 4.69) is 46.0 Å². The molecule has 4 aliphatic carbocycles. The van der Waals surface area contributed by atoms with Crippen LogP contribution in [0.1, 0.15) is 105 Å². The first-order valence-electron chi connectivity index (χ1n) is 14.2. The van der Waals surface area contributed by atoms with Crippen molar-refractivity contribution in [2.45, 2.75) is 111 Å². The summed E-state index contributed by atoms with van der Waals surface area (Å²) in [6, 6.07) is 0. The third kappa shape index (κ3) is 4.82. The smallest absolute Gasteiger partial charge is 0.320 e. The molecule has 188 valence electrons. The zero-order valence-electron chi connectivity index (χ0n) is 22.4. The van der Waals surface area contributed by atoms with Gasteiger partial charge < -0.3 is 10.1 Å². The highest BCUT2D eigenvalue weighted by Crippen LogP contribution is 2.67. The average molecular weight is 458 g/mol. The molecule has 0 bridgehead atoms. The van der Waals surface area contributed by atoms with Crippen LogP contribution in [0.5, 0.6) is 0 Å². The van der Waals surface area contributed by atoms with Gasteiger partial charge in [-0.1, -0.05) is 65.5 Å². The Morgan fingerprint density at radius 3 is 2.61 bits per heavy atom. The third-order valence-corrected chi connectivity index (χ3v) is 10.9. The Balaban J connectivity index is 1.43. The van der Waals surface area contributed by atoms with Gasteiger partial charge in [-0.3, -0.25) is 4.79 Å². The minimum atomic E-state index is -0.103. The van der Waals surface area contributed by atoms with Crippen molar-refractivity contribution in [1.82, 2.24) is 5.32 Å². The summed E-state index contributed by atoms with van der Waals surface area (Å²) in [6.45, 7) is 12.9. The zero-order chi connectivity index (χ0) is 23.8. The van der Waals surface area contributed by atoms with Gasteiger partial charge in [0.15, 0.2) is 0 Å². The summed E-state index contributed by atoms with van der Waals surface area (Å²) in [5.74, 6) is 5.15. The van der Waals surface area contributed by atoms with E-state index >= 15 is 0 Å². The summed E-state index contributed by atoms with van der Waals surface area (Å²) >= 11 is 0. The Bertz CT molecular complexity index is 729. The van der Waals surface area contributed by atoms with Crippen LogP contribution in [0, 0.1) is 46.3 Å². The highest BCUT2D eigenvalue weighted by atomic mass is 16.5. The van der Waals surface area contributed by atoms with Crippen LogP contribution in [0.3, 0.4) is 0 Å². The fourth-order valence-corrected chi connectivity index (χ4v) is 9.12. The van der Waals surface area contributed by atoms with E-state index in [0.717, 1.165) is 48.3 Å². The lowest BCUT2D eigenvalue weighted by Gasteiger charge is -2.58. The summed E-state index contributed by atoms with van der Waals surface area (Å²) in [5, 5.41) is 2.92. The van der Waals surface area contributed by atoms with Gasteiger partial charge >= 0.3 is 5.97 Å². The normalized spacial score (nSPS) is 41.1. The zero-order valence-corrected chi connectivity index (χ0v) is 22.4. The lowest BCUT2D eigenvalue weighted by atomic mass is 9.47. The second-order valence-corrected chi connectivity index (χ2v) is 13.2. The predicted octanol–water partition coefficient (Wildman–Crippen LogP) is 7.16. The first-order valence-corrected chi connectivity index (χ1v) is 14.2. The van der Waals surface area contributed by atoms with Crippen molar-refractivity contribution in [3.8, 4) is 0 Å². The standard InChI is InChI=1S/C30H51NO2/c1-20(2)8-7-9-21(3)25-12-13-26-24-11-10-22-18-23(33-28(32)19-31-6)14-16-29(22,4)27(24)15-17-30(25,26)5/h10,20-21,23-27,31H,7-9,11-19H2,1-6H3/t21-,23?,24?,25-,26?,27?,29+,30-/m1/s1. The van der Waals surface area contributed by atoms with Gasteiger partial charge in [0.2, 0.25) is 0 Å². The van der Waals surface area contributed by atoms with Crippen molar-refractivity contribution in [3.05, 3.63) is 11.6 Å². The Kier molecular flexibility index (Phi) is 7.68. The molecule has 0 aromatic rings. The molecule has 0 saturated heterocycles. The van der Waals surface area contributed by atoms with Crippen molar-refractivity contribution in [3.63, 3.8) is 0 Å². The predicted molar refractivity (Wildman–Crippen MR) is 137 cm³/mol. The number of fused-ring (bicyclic) bond motifs is 5. The number of hydrogen-bond donors (Lipinski definition) is 1. The van der Waals surface area contributed by atoms with Gasteiger partial charge in [0, 0.05) is 6.42 Å². The lowest BCUT2D eigenvalue weighted by molar-refractivity contribution is -0.150. The number of hydrogen-bond acceptors (Lipinski definition) is 3. The van der Waals surface area contributed by atoms with Crippen LogP contribution >= 0.6 is 0 Å². The molecule has 1 N–H and O–H groups in total. The van der Waals surface area contributed by atoms with Crippen LogP contribution in [0.25, 0.3) is 0 Å². The fourth-order valence-electron chi connectivity index (χ4n) is 9.12. The van der Waals surface area contributed by atoms with Crippen LogP contribution in [-0.2, 0) is 9.53 Å². The molecule has 3 saturated carbocycles. The van der Waals surface area contributed by atoms with Crippen LogP contribution in [0.2, 0.25) is 0 Å². The molecule has 4 aliphatic rings. The number of likely N-dealkylation sites (N-methyl/N-ethyl adjacent to an activating group) is 1. The third-order valence-electron chi connectivity index (χ3n) is 10.9. The van der Waals surface area contributed by atoms with Gasteiger partial charge in [0.05, 0.1) is 6.54 Å². The second kappa shape index (κ2) is 10.0. The number of nitrogens with one attached hydrogen (secondary N) is 1. The number of carbonyl (C=O) groups is 1. The minimum Gasteiger partial charge on any atom is -0.461 e. The molecule has 0 aromatic heterocycles. The van der Waals surface area contributed by atoms with Gasteiger partial charge in [-0.2, -0.15) is 0 Å². The van der Waals surface area contributed by atoms with E-state index in [1.54, 1.807) is 12.6 Å². The largest absolute Gasteiger partial charge is 0.461 e. The van der Waals surface area contributed by atoms with Crippen LogP contribution < -0.4 is 5.32 Å². The van der Waals surface area contributed by atoms with Gasteiger partial charge in [-0.15, -0.1) is 0 Å². The maximum absolute atomic E-state index is 12.0. The number of carbonyl (C=O) groups excluding carboxylic acids is 1. The van der Waals surface area contributed by atoms with Crippen molar-refractivity contribution in [2.24, 2.45) is 46.3 Å². The molecule has 4 rings (SSSR count). The van der Waals surface area contributed by atoms with E-state index < -0.39 is 0 Å². The molecule has 4 unspecified atom stereocenters. The molecule has 3 nitrogen and oxygen atoms in total. The molecule has 0 aliphatic heterocycles. The Hall–Kier alpha value is -0.830. The number of allylic oxidation sites excluding steroid dienone is 1. The Morgan fingerprint density at radius 1 is 1.09 bits per heavy atom. The molecule has 0 radical (unpaired) electrons. The quantitative estimate of drug-likeness (QED) is 0.310. The van der Waals surface area contributed by atoms with Crippen molar-refractivity contribution in [1.29, 1.82) is 0 Å². The number of rotatable bonds is 8. The van der Waals surface area contributed by atoms with E-state index in [-0.39, 0.29) is 12.1 Å². The maximum Gasteiger partial charge on any atom is 0.320 e. The van der Waals surface area contributed by atoms with Crippen molar-refractivity contribution >= 4 is 5.97 Å². The molecule has 33 heavy (non-hydrogen) atoms. The minimum absolute atomic E-state index is 0.0816. The molecular weight excluding hydrogens is 406 g/mol. The first-order chi connectivity index (χ1) is 15.7. The first kappa shape index (κ1) is 25.3. The van der Waals surface area contributed by atoms with Gasteiger partial charge in [-0.25, -0.2) is 0 Å². The Morgan fingerprint density at radius 2 is 1.88 bits per heavy atom. The topological polar surface area (TPSA) is 38.3 Å². The average Bonchev–Trinajstić information content (AvgIpc) is 3.11. The maximum atomic E-state index is 12.0. The highest BCUT2D eigenvalue weighted by molar-refractivity contribution is 5.71.